The van der Waals surface area contributed by atoms with Gasteiger partial charge in [-0.3, -0.25) is 4.79 Å². The molecule has 0 saturated heterocycles. The predicted molar refractivity (Wildman–Crippen MR) is 46.5 cm³/mol. The Morgan fingerprint density at radius 3 is 2.58 bits per heavy atom. The second-order valence-corrected chi connectivity index (χ2v) is 4.14. The van der Waals surface area contributed by atoms with Crippen LogP contribution in [0.3, 0.4) is 0 Å². The van der Waals surface area contributed by atoms with Gasteiger partial charge >= 0.3 is 0 Å². The van der Waals surface area contributed by atoms with Crippen LogP contribution in [0.15, 0.2) is 0 Å². The van der Waals surface area contributed by atoms with Crippen molar-refractivity contribution in [3.8, 4) is 0 Å². The van der Waals surface area contributed by atoms with Crippen molar-refractivity contribution < 1.29 is 4.79 Å². The summed E-state index contributed by atoms with van der Waals surface area (Å²) in [5, 5.41) is 2.98. The lowest BCUT2D eigenvalue weighted by Crippen LogP contribution is -2.37. The predicted octanol–water partition coefficient (Wildman–Crippen LogP) is 0.251. The fourth-order valence-corrected chi connectivity index (χ4v) is 1.42. The number of carbonyl (C=O) groups is 1. The van der Waals surface area contributed by atoms with Gasteiger partial charge in [-0.05, 0) is 31.6 Å². The Bertz CT molecular complexity index is 195. The molecule has 0 spiro atoms. The SMILES string of the molecule is NCC1(C(=O)NCC2CC2)CC1. The zero-order valence-electron chi connectivity index (χ0n) is 7.31. The minimum Gasteiger partial charge on any atom is -0.355 e. The van der Waals surface area contributed by atoms with Gasteiger partial charge in [-0.25, -0.2) is 0 Å². The van der Waals surface area contributed by atoms with Crippen LogP contribution in [0.1, 0.15) is 25.7 Å². The third-order valence-corrected chi connectivity index (χ3v) is 2.97. The normalized spacial score (nSPS) is 25.1. The molecular weight excluding hydrogens is 152 g/mol. The number of hydrogen-bond donors (Lipinski definition) is 2. The molecule has 2 rings (SSSR count). The molecule has 0 aromatic rings. The van der Waals surface area contributed by atoms with Crippen LogP contribution in [0.2, 0.25) is 0 Å². The zero-order chi connectivity index (χ0) is 8.60. The van der Waals surface area contributed by atoms with Crippen molar-refractivity contribution >= 4 is 5.91 Å². The van der Waals surface area contributed by atoms with Crippen molar-refractivity contribution in [2.45, 2.75) is 25.7 Å². The molecule has 2 fully saturated rings. The summed E-state index contributed by atoms with van der Waals surface area (Å²) in [7, 11) is 0. The minimum absolute atomic E-state index is 0.158. The van der Waals surface area contributed by atoms with E-state index in [1.165, 1.54) is 12.8 Å². The third-order valence-electron chi connectivity index (χ3n) is 2.97. The summed E-state index contributed by atoms with van der Waals surface area (Å²) in [5.74, 6) is 0.958. The van der Waals surface area contributed by atoms with E-state index in [-0.39, 0.29) is 11.3 Å². The first-order valence-corrected chi connectivity index (χ1v) is 4.75. The molecule has 0 radical (unpaired) electrons. The number of nitrogens with one attached hydrogen (secondary N) is 1. The first-order chi connectivity index (χ1) is 5.77. The molecule has 0 aromatic heterocycles. The van der Waals surface area contributed by atoms with E-state index >= 15 is 0 Å². The Hall–Kier alpha value is -0.570. The van der Waals surface area contributed by atoms with E-state index in [0.717, 1.165) is 25.3 Å². The van der Waals surface area contributed by atoms with Gasteiger partial charge in [0.15, 0.2) is 0 Å². The highest BCUT2D eigenvalue weighted by Gasteiger charge is 2.48. The second-order valence-electron chi connectivity index (χ2n) is 4.14. The molecular formula is C9H16N2O. The Kier molecular flexibility index (Phi) is 1.83. The highest BCUT2D eigenvalue weighted by Crippen LogP contribution is 2.44. The molecule has 3 nitrogen and oxygen atoms in total. The van der Waals surface area contributed by atoms with E-state index < -0.39 is 0 Å². The van der Waals surface area contributed by atoms with Crippen LogP contribution >= 0.6 is 0 Å². The lowest BCUT2D eigenvalue weighted by Gasteiger charge is -2.11. The maximum Gasteiger partial charge on any atom is 0.227 e. The van der Waals surface area contributed by atoms with Crippen LogP contribution in [-0.4, -0.2) is 19.0 Å². The van der Waals surface area contributed by atoms with Crippen molar-refractivity contribution in [2.75, 3.05) is 13.1 Å². The topological polar surface area (TPSA) is 55.1 Å². The van der Waals surface area contributed by atoms with Gasteiger partial charge in [-0.15, -0.1) is 0 Å². The van der Waals surface area contributed by atoms with E-state index in [2.05, 4.69) is 5.32 Å². The van der Waals surface area contributed by atoms with Crippen LogP contribution in [0.5, 0.6) is 0 Å². The van der Waals surface area contributed by atoms with E-state index in [0.29, 0.717) is 6.54 Å². The van der Waals surface area contributed by atoms with Gasteiger partial charge in [0.1, 0.15) is 0 Å². The van der Waals surface area contributed by atoms with Gasteiger partial charge in [0.25, 0.3) is 0 Å². The summed E-state index contributed by atoms with van der Waals surface area (Å²) in [6, 6.07) is 0. The van der Waals surface area contributed by atoms with Gasteiger partial charge in [-0.1, -0.05) is 0 Å². The Morgan fingerprint density at radius 1 is 1.50 bits per heavy atom. The van der Waals surface area contributed by atoms with Gasteiger partial charge in [0.05, 0.1) is 5.41 Å². The number of amides is 1. The molecule has 0 atom stereocenters. The van der Waals surface area contributed by atoms with E-state index in [4.69, 9.17) is 5.73 Å². The standard InChI is InChI=1S/C9H16N2O/c10-6-9(3-4-9)8(12)11-5-7-1-2-7/h7H,1-6,10H2,(H,11,12). The molecule has 1 amide bonds. The summed E-state index contributed by atoms with van der Waals surface area (Å²) in [5.41, 5.74) is 5.37. The Balaban J connectivity index is 1.75. The highest BCUT2D eigenvalue weighted by atomic mass is 16.2. The van der Waals surface area contributed by atoms with Crippen LogP contribution in [-0.2, 0) is 4.79 Å². The van der Waals surface area contributed by atoms with Crippen molar-refractivity contribution in [3.63, 3.8) is 0 Å². The number of rotatable bonds is 4. The van der Waals surface area contributed by atoms with E-state index in [1.807, 2.05) is 0 Å². The van der Waals surface area contributed by atoms with Crippen molar-refractivity contribution in [3.05, 3.63) is 0 Å². The summed E-state index contributed by atoms with van der Waals surface area (Å²) >= 11 is 0. The average Bonchev–Trinajstić information content (AvgIpc) is 2.95. The smallest absolute Gasteiger partial charge is 0.227 e. The monoisotopic (exact) mass is 168 g/mol. The first-order valence-electron chi connectivity index (χ1n) is 4.75. The molecule has 68 valence electrons. The maximum atomic E-state index is 11.5. The van der Waals surface area contributed by atoms with Crippen LogP contribution in [0.4, 0.5) is 0 Å². The number of hydrogen-bond acceptors (Lipinski definition) is 2. The molecule has 3 N–H and O–H groups in total. The Labute approximate surface area is 72.7 Å². The van der Waals surface area contributed by atoms with Gasteiger partial charge < -0.3 is 11.1 Å². The summed E-state index contributed by atoms with van der Waals surface area (Å²) in [4.78, 5) is 11.5. The van der Waals surface area contributed by atoms with Crippen molar-refractivity contribution in [1.29, 1.82) is 0 Å². The van der Waals surface area contributed by atoms with Gasteiger partial charge in [0.2, 0.25) is 5.91 Å². The molecule has 0 aromatic carbocycles. The van der Waals surface area contributed by atoms with Crippen LogP contribution in [0, 0.1) is 11.3 Å². The fourth-order valence-electron chi connectivity index (χ4n) is 1.42. The molecule has 2 saturated carbocycles. The zero-order valence-corrected chi connectivity index (χ0v) is 7.31. The van der Waals surface area contributed by atoms with Crippen LogP contribution in [0.25, 0.3) is 0 Å². The second kappa shape index (κ2) is 2.73. The highest BCUT2D eigenvalue weighted by molar-refractivity contribution is 5.85. The van der Waals surface area contributed by atoms with Crippen molar-refractivity contribution in [1.82, 2.24) is 5.32 Å². The molecule has 0 heterocycles. The van der Waals surface area contributed by atoms with Gasteiger partial charge in [0, 0.05) is 13.1 Å². The number of nitrogens with two attached hydrogens (primary N) is 1. The quantitative estimate of drug-likeness (QED) is 0.632. The molecule has 2 aliphatic rings. The average molecular weight is 168 g/mol. The van der Waals surface area contributed by atoms with Crippen molar-refractivity contribution in [2.24, 2.45) is 17.1 Å². The summed E-state index contributed by atoms with van der Waals surface area (Å²) < 4.78 is 0. The van der Waals surface area contributed by atoms with E-state index in [9.17, 15) is 4.79 Å². The molecule has 0 unspecified atom stereocenters. The fraction of sp³-hybridized carbons (Fsp3) is 0.889. The van der Waals surface area contributed by atoms with Crippen LogP contribution < -0.4 is 11.1 Å². The molecule has 2 aliphatic carbocycles. The third kappa shape index (κ3) is 1.46. The molecule has 12 heavy (non-hydrogen) atoms. The van der Waals surface area contributed by atoms with E-state index in [1.54, 1.807) is 0 Å². The first kappa shape index (κ1) is 8.05. The molecule has 0 bridgehead atoms. The summed E-state index contributed by atoms with van der Waals surface area (Å²) in [6.07, 6.45) is 4.55. The maximum absolute atomic E-state index is 11.5. The largest absolute Gasteiger partial charge is 0.355 e. The summed E-state index contributed by atoms with van der Waals surface area (Å²) in [6.45, 7) is 1.39. The Morgan fingerprint density at radius 2 is 2.17 bits per heavy atom. The number of carbonyl (C=O) groups excluding carboxylic acids is 1. The lowest BCUT2D eigenvalue weighted by molar-refractivity contribution is -0.126. The lowest BCUT2D eigenvalue weighted by atomic mass is 10.1. The van der Waals surface area contributed by atoms with Gasteiger partial charge in [-0.2, -0.15) is 0 Å². The minimum atomic E-state index is -0.158. The molecule has 0 aliphatic heterocycles. The molecule has 3 heteroatoms.